The van der Waals surface area contributed by atoms with Gasteiger partial charge in [0.2, 0.25) is 5.76 Å². The number of carbonyl (C=O) groups is 2. The quantitative estimate of drug-likeness (QED) is 0.340. The molecule has 0 amide bonds. The molecule has 0 fully saturated rings. The van der Waals surface area contributed by atoms with E-state index in [-0.39, 0.29) is 12.4 Å². The molecule has 0 radical (unpaired) electrons. The average Bonchev–Trinajstić information content (AvgIpc) is 2.17. The van der Waals surface area contributed by atoms with Gasteiger partial charge in [0.1, 0.15) is 6.04 Å². The van der Waals surface area contributed by atoms with Crippen LogP contribution in [0.5, 0.6) is 0 Å². The summed E-state index contributed by atoms with van der Waals surface area (Å²) in [5.41, 5.74) is 5.19. The van der Waals surface area contributed by atoms with Crippen LogP contribution in [-0.4, -0.2) is 40.6 Å². The van der Waals surface area contributed by atoms with Crippen LogP contribution in [0.2, 0.25) is 0 Å². The third kappa shape index (κ3) is 5.97. The molecule has 0 heterocycles. The lowest BCUT2D eigenvalue weighted by molar-refractivity contribution is -0.141. The van der Waals surface area contributed by atoms with Crippen molar-refractivity contribution < 1.29 is 24.5 Å². The van der Waals surface area contributed by atoms with Gasteiger partial charge in [-0.2, -0.15) is 0 Å². The van der Waals surface area contributed by atoms with Crippen molar-refractivity contribution in [3.8, 4) is 0 Å². The summed E-state index contributed by atoms with van der Waals surface area (Å²) in [4.78, 5) is 21.1. The second kappa shape index (κ2) is 7.13. The monoisotopic (exact) mass is 235 g/mol. The molecular formula is C8H13NO5S. The van der Waals surface area contributed by atoms with Crippen LogP contribution in [0, 0.1) is 0 Å². The standard InChI is InChI=1S/C8H13NO5S/c1-2-14-8(13)6(10)4-15-3-5(9)7(11)12/h4-5,10H,2-3,9H2,1H3,(H,11,12)/b6-4-. The van der Waals surface area contributed by atoms with Crippen LogP contribution in [0.15, 0.2) is 11.2 Å². The Morgan fingerprint density at radius 1 is 1.53 bits per heavy atom. The van der Waals surface area contributed by atoms with Gasteiger partial charge < -0.3 is 20.7 Å². The molecule has 0 aromatic carbocycles. The maximum atomic E-state index is 10.9. The molecule has 4 N–H and O–H groups in total. The van der Waals surface area contributed by atoms with Crippen molar-refractivity contribution in [2.24, 2.45) is 5.73 Å². The van der Waals surface area contributed by atoms with E-state index in [1.54, 1.807) is 6.92 Å². The molecule has 0 aliphatic rings. The molecule has 0 saturated heterocycles. The number of rotatable bonds is 6. The number of carboxylic acid groups (broad SMARTS) is 1. The highest BCUT2D eigenvalue weighted by Gasteiger charge is 2.12. The molecule has 0 aromatic heterocycles. The van der Waals surface area contributed by atoms with Crippen molar-refractivity contribution in [1.82, 2.24) is 0 Å². The van der Waals surface area contributed by atoms with Crippen LogP contribution < -0.4 is 5.73 Å². The SMILES string of the molecule is CCOC(=O)/C(O)=C/SCC(N)C(=O)O. The van der Waals surface area contributed by atoms with Gasteiger partial charge in [0.15, 0.2) is 0 Å². The second-order valence-electron chi connectivity index (χ2n) is 2.50. The molecule has 7 heteroatoms. The molecule has 0 spiro atoms. The lowest BCUT2D eigenvalue weighted by atomic mass is 10.4. The van der Waals surface area contributed by atoms with Crippen LogP contribution in [0.3, 0.4) is 0 Å². The first-order chi connectivity index (χ1) is 6.99. The molecule has 0 saturated carbocycles. The number of carbonyl (C=O) groups excluding carboxylic acids is 1. The first kappa shape index (κ1) is 13.8. The van der Waals surface area contributed by atoms with Crippen molar-refractivity contribution in [2.45, 2.75) is 13.0 Å². The van der Waals surface area contributed by atoms with Gasteiger partial charge in [-0.05, 0) is 6.92 Å². The molecule has 15 heavy (non-hydrogen) atoms. The summed E-state index contributed by atoms with van der Waals surface area (Å²) in [7, 11) is 0. The molecule has 1 atom stereocenters. The number of thioether (sulfide) groups is 1. The Morgan fingerprint density at radius 3 is 2.60 bits per heavy atom. The topological polar surface area (TPSA) is 110 Å². The van der Waals surface area contributed by atoms with Crippen LogP contribution in [-0.2, 0) is 14.3 Å². The minimum Gasteiger partial charge on any atom is -0.501 e. The highest BCUT2D eigenvalue weighted by molar-refractivity contribution is 8.02. The highest BCUT2D eigenvalue weighted by Crippen LogP contribution is 2.08. The fourth-order valence-corrected chi connectivity index (χ4v) is 1.26. The fraction of sp³-hybridized carbons (Fsp3) is 0.500. The molecule has 1 unspecified atom stereocenters. The molecule has 0 aliphatic heterocycles. The average molecular weight is 235 g/mol. The predicted molar refractivity (Wildman–Crippen MR) is 55.4 cm³/mol. The van der Waals surface area contributed by atoms with E-state index < -0.39 is 23.7 Å². The predicted octanol–water partition coefficient (Wildman–Crippen LogP) is 0.0940. The van der Waals surface area contributed by atoms with Gasteiger partial charge in [0.25, 0.3) is 0 Å². The van der Waals surface area contributed by atoms with Gasteiger partial charge in [-0.1, -0.05) is 0 Å². The van der Waals surface area contributed by atoms with E-state index in [1.807, 2.05) is 0 Å². The first-order valence-electron chi connectivity index (χ1n) is 4.15. The zero-order valence-electron chi connectivity index (χ0n) is 8.17. The summed E-state index contributed by atoms with van der Waals surface area (Å²) in [6, 6.07) is -1.03. The van der Waals surface area contributed by atoms with Gasteiger partial charge in [-0.15, -0.1) is 11.8 Å². The Morgan fingerprint density at radius 2 is 2.13 bits per heavy atom. The van der Waals surface area contributed by atoms with Crippen molar-refractivity contribution in [2.75, 3.05) is 12.4 Å². The van der Waals surface area contributed by atoms with Crippen LogP contribution >= 0.6 is 11.8 Å². The normalized spacial score (nSPS) is 13.3. The third-order valence-corrected chi connectivity index (χ3v) is 2.21. The number of hydrogen-bond acceptors (Lipinski definition) is 6. The summed E-state index contributed by atoms with van der Waals surface area (Å²) >= 11 is 0.933. The van der Waals surface area contributed by atoms with Gasteiger partial charge in [0, 0.05) is 11.2 Å². The Labute approximate surface area is 91.1 Å². The van der Waals surface area contributed by atoms with E-state index in [9.17, 15) is 9.59 Å². The smallest absolute Gasteiger partial charge is 0.373 e. The number of nitrogens with two attached hydrogens (primary N) is 1. The van der Waals surface area contributed by atoms with Crippen molar-refractivity contribution >= 4 is 23.7 Å². The van der Waals surface area contributed by atoms with Crippen LogP contribution in [0.25, 0.3) is 0 Å². The van der Waals surface area contributed by atoms with Crippen LogP contribution in [0.1, 0.15) is 6.92 Å². The second-order valence-corrected chi connectivity index (χ2v) is 3.40. The van der Waals surface area contributed by atoms with Gasteiger partial charge in [0.05, 0.1) is 6.61 Å². The van der Waals surface area contributed by atoms with E-state index in [0.29, 0.717) is 0 Å². The number of aliphatic carboxylic acids is 1. The number of aliphatic hydroxyl groups excluding tert-OH is 1. The first-order valence-corrected chi connectivity index (χ1v) is 5.20. The zero-order chi connectivity index (χ0) is 11.8. The summed E-state index contributed by atoms with van der Waals surface area (Å²) < 4.78 is 4.49. The summed E-state index contributed by atoms with van der Waals surface area (Å²) in [5.74, 6) is -2.46. The Hall–Kier alpha value is -1.21. The number of aliphatic hydroxyl groups is 1. The molecule has 0 aromatic rings. The number of esters is 1. The fourth-order valence-electron chi connectivity index (χ4n) is 0.555. The third-order valence-electron chi connectivity index (χ3n) is 1.27. The van der Waals surface area contributed by atoms with Gasteiger partial charge >= 0.3 is 11.9 Å². The lowest BCUT2D eigenvalue weighted by Gasteiger charge is -2.03. The van der Waals surface area contributed by atoms with E-state index in [1.165, 1.54) is 0 Å². The highest BCUT2D eigenvalue weighted by atomic mass is 32.2. The number of hydrogen-bond donors (Lipinski definition) is 3. The number of ether oxygens (including phenoxy) is 1. The van der Waals surface area contributed by atoms with Gasteiger partial charge in [-0.25, -0.2) is 4.79 Å². The van der Waals surface area contributed by atoms with Crippen molar-refractivity contribution in [3.05, 3.63) is 11.2 Å². The summed E-state index contributed by atoms with van der Waals surface area (Å²) in [5, 5.41) is 18.6. The van der Waals surface area contributed by atoms with E-state index in [4.69, 9.17) is 15.9 Å². The molecule has 86 valence electrons. The lowest BCUT2D eigenvalue weighted by Crippen LogP contribution is -2.32. The Balaban J connectivity index is 3.95. The Kier molecular flexibility index (Phi) is 6.56. The Bertz CT molecular complexity index is 266. The minimum atomic E-state index is -1.13. The van der Waals surface area contributed by atoms with Crippen molar-refractivity contribution in [3.63, 3.8) is 0 Å². The maximum Gasteiger partial charge on any atom is 0.373 e. The van der Waals surface area contributed by atoms with E-state index in [2.05, 4.69) is 4.74 Å². The summed E-state index contributed by atoms with van der Waals surface area (Å²) in [6.45, 7) is 1.77. The maximum absolute atomic E-state index is 10.9. The molecule has 6 nitrogen and oxygen atoms in total. The molecule has 0 aliphatic carbocycles. The largest absolute Gasteiger partial charge is 0.501 e. The summed E-state index contributed by atoms with van der Waals surface area (Å²) in [6.07, 6.45) is 0. The molecule has 0 rings (SSSR count). The van der Waals surface area contributed by atoms with E-state index in [0.717, 1.165) is 17.2 Å². The van der Waals surface area contributed by atoms with Crippen LogP contribution in [0.4, 0.5) is 0 Å². The number of carboxylic acids is 1. The minimum absolute atomic E-state index is 0.0683. The zero-order valence-corrected chi connectivity index (χ0v) is 8.99. The molecular weight excluding hydrogens is 222 g/mol. The van der Waals surface area contributed by atoms with Crippen molar-refractivity contribution in [1.29, 1.82) is 0 Å². The molecule has 0 bridgehead atoms. The van der Waals surface area contributed by atoms with Gasteiger partial charge in [-0.3, -0.25) is 4.79 Å². The van der Waals surface area contributed by atoms with E-state index >= 15 is 0 Å².